The van der Waals surface area contributed by atoms with Gasteiger partial charge in [0.2, 0.25) is 0 Å². The minimum absolute atomic E-state index is 0.0182. The largest absolute Gasteiger partial charge is 0.508 e. The van der Waals surface area contributed by atoms with E-state index in [2.05, 4.69) is 10.2 Å². The summed E-state index contributed by atoms with van der Waals surface area (Å²) in [7, 11) is 3.15. The maximum Gasteiger partial charge on any atom is 0.279 e. The lowest BCUT2D eigenvalue weighted by atomic mass is 10.2. The molecule has 7 nitrogen and oxygen atoms in total. The number of nitrogens with one attached hydrogen (secondary N) is 2. The van der Waals surface area contributed by atoms with Crippen molar-refractivity contribution in [2.24, 2.45) is 0 Å². The zero-order valence-electron chi connectivity index (χ0n) is 15.7. The third kappa shape index (κ3) is 4.83. The van der Waals surface area contributed by atoms with Crippen molar-refractivity contribution in [1.29, 1.82) is 0 Å². The molecule has 144 valence electrons. The number of rotatable bonds is 6. The molecular formula is C20H26N3O4+. The fourth-order valence-corrected chi connectivity index (χ4v) is 3.27. The number of benzene rings is 2. The number of methoxy groups -OCH3 is 2. The lowest BCUT2D eigenvalue weighted by Crippen LogP contribution is -3.15. The summed E-state index contributed by atoms with van der Waals surface area (Å²) < 4.78 is 10.5. The number of carbonyl (C=O) groups excluding carboxylic acids is 1. The van der Waals surface area contributed by atoms with Gasteiger partial charge in [0.15, 0.2) is 18.0 Å². The minimum atomic E-state index is -0.0182. The van der Waals surface area contributed by atoms with E-state index in [0.717, 1.165) is 31.9 Å². The lowest BCUT2D eigenvalue weighted by molar-refractivity contribution is -0.892. The average molecular weight is 372 g/mol. The van der Waals surface area contributed by atoms with Crippen molar-refractivity contribution in [1.82, 2.24) is 0 Å². The van der Waals surface area contributed by atoms with Gasteiger partial charge in [-0.05, 0) is 36.4 Å². The monoisotopic (exact) mass is 372 g/mol. The summed E-state index contributed by atoms with van der Waals surface area (Å²) in [4.78, 5) is 15.9. The number of hydrogen-bond acceptors (Lipinski definition) is 5. The van der Waals surface area contributed by atoms with E-state index in [-0.39, 0.29) is 11.7 Å². The summed E-state index contributed by atoms with van der Waals surface area (Å²) in [6.45, 7) is 3.96. The van der Waals surface area contributed by atoms with Crippen LogP contribution in [0, 0.1) is 0 Å². The van der Waals surface area contributed by atoms with E-state index < -0.39 is 0 Å². The second-order valence-electron chi connectivity index (χ2n) is 6.55. The summed E-state index contributed by atoms with van der Waals surface area (Å²) in [5.74, 6) is 1.47. The number of anilines is 2. The fraction of sp³-hybridized carbons (Fsp3) is 0.350. The Morgan fingerprint density at radius 2 is 1.74 bits per heavy atom. The van der Waals surface area contributed by atoms with E-state index in [9.17, 15) is 9.90 Å². The molecule has 1 aliphatic rings. The van der Waals surface area contributed by atoms with Crippen LogP contribution in [0.2, 0.25) is 0 Å². The quantitative estimate of drug-likeness (QED) is 0.698. The molecule has 1 fully saturated rings. The summed E-state index contributed by atoms with van der Waals surface area (Å²) in [6, 6.07) is 12.6. The number of piperazine rings is 1. The van der Waals surface area contributed by atoms with Gasteiger partial charge in [-0.1, -0.05) is 0 Å². The highest BCUT2D eigenvalue weighted by molar-refractivity contribution is 5.91. The van der Waals surface area contributed by atoms with Gasteiger partial charge in [-0.25, -0.2) is 0 Å². The first-order valence-corrected chi connectivity index (χ1v) is 8.98. The Hall–Kier alpha value is -2.93. The van der Waals surface area contributed by atoms with Crippen LogP contribution in [0.4, 0.5) is 11.4 Å². The highest BCUT2D eigenvalue weighted by Crippen LogP contribution is 2.29. The van der Waals surface area contributed by atoms with Gasteiger partial charge in [0, 0.05) is 17.4 Å². The maximum atomic E-state index is 12.4. The Labute approximate surface area is 159 Å². The van der Waals surface area contributed by atoms with Crippen molar-refractivity contribution in [3.05, 3.63) is 42.5 Å². The third-order valence-corrected chi connectivity index (χ3v) is 4.76. The summed E-state index contributed by atoms with van der Waals surface area (Å²) in [5, 5.41) is 12.3. The molecular weight excluding hydrogens is 346 g/mol. The van der Waals surface area contributed by atoms with Crippen molar-refractivity contribution in [2.75, 3.05) is 57.2 Å². The molecule has 1 aliphatic heterocycles. The topological polar surface area (TPSA) is 75.5 Å². The van der Waals surface area contributed by atoms with E-state index >= 15 is 0 Å². The van der Waals surface area contributed by atoms with Crippen molar-refractivity contribution in [3.63, 3.8) is 0 Å². The van der Waals surface area contributed by atoms with Crippen molar-refractivity contribution >= 4 is 17.3 Å². The van der Waals surface area contributed by atoms with Crippen LogP contribution in [0.15, 0.2) is 42.5 Å². The van der Waals surface area contributed by atoms with Crippen LogP contribution in [-0.2, 0) is 4.79 Å². The molecule has 0 atom stereocenters. The molecule has 0 aromatic heterocycles. The van der Waals surface area contributed by atoms with Gasteiger partial charge in [0.25, 0.3) is 5.91 Å². The third-order valence-electron chi connectivity index (χ3n) is 4.76. The number of hydrogen-bond donors (Lipinski definition) is 3. The van der Waals surface area contributed by atoms with Crippen LogP contribution >= 0.6 is 0 Å². The number of phenolic OH excluding ortho intramolecular Hbond substituents is 1. The van der Waals surface area contributed by atoms with Crippen LogP contribution in [0.1, 0.15) is 0 Å². The number of ether oxygens (including phenoxy) is 2. The lowest BCUT2D eigenvalue weighted by Gasteiger charge is -2.33. The molecule has 0 unspecified atom stereocenters. The predicted molar refractivity (Wildman–Crippen MR) is 104 cm³/mol. The molecule has 7 heteroatoms. The molecule has 1 heterocycles. The highest BCUT2D eigenvalue weighted by atomic mass is 16.5. The number of amides is 1. The molecule has 0 radical (unpaired) electrons. The summed E-state index contributed by atoms with van der Waals surface area (Å²) in [6.07, 6.45) is 0. The molecule has 0 spiro atoms. The minimum Gasteiger partial charge on any atom is -0.508 e. The molecule has 2 aromatic carbocycles. The zero-order chi connectivity index (χ0) is 19.2. The second kappa shape index (κ2) is 8.64. The molecule has 1 saturated heterocycles. The van der Waals surface area contributed by atoms with Crippen LogP contribution < -0.4 is 24.6 Å². The van der Waals surface area contributed by atoms with E-state index in [4.69, 9.17) is 9.47 Å². The first kappa shape index (κ1) is 18.8. The molecule has 0 bridgehead atoms. The van der Waals surface area contributed by atoms with Crippen LogP contribution in [0.5, 0.6) is 17.2 Å². The predicted octanol–water partition coefficient (Wildman–Crippen LogP) is 0.753. The second-order valence-corrected chi connectivity index (χ2v) is 6.55. The zero-order valence-corrected chi connectivity index (χ0v) is 15.7. The van der Waals surface area contributed by atoms with Crippen molar-refractivity contribution in [3.8, 4) is 17.2 Å². The molecule has 27 heavy (non-hydrogen) atoms. The SMILES string of the molecule is COc1ccc(NC(=O)C[NH+]2CCN(c3ccc(O)cc3)CC2)cc1OC. The normalized spacial score (nSPS) is 14.7. The smallest absolute Gasteiger partial charge is 0.279 e. The van der Waals surface area contributed by atoms with Gasteiger partial charge < -0.3 is 29.7 Å². The Bertz CT molecular complexity index is 771. The Balaban J connectivity index is 1.50. The number of phenols is 1. The highest BCUT2D eigenvalue weighted by Gasteiger charge is 2.22. The Kier molecular flexibility index (Phi) is 6.03. The van der Waals surface area contributed by atoms with E-state index in [1.165, 1.54) is 4.90 Å². The van der Waals surface area contributed by atoms with Gasteiger partial charge in [-0.3, -0.25) is 4.79 Å². The molecule has 3 N–H and O–H groups in total. The maximum absolute atomic E-state index is 12.4. The van der Waals surface area contributed by atoms with Crippen LogP contribution in [-0.4, -0.2) is 58.0 Å². The summed E-state index contributed by atoms with van der Waals surface area (Å²) >= 11 is 0. The van der Waals surface area contributed by atoms with Crippen LogP contribution in [0.3, 0.4) is 0 Å². The molecule has 0 aliphatic carbocycles. The first-order chi connectivity index (χ1) is 13.1. The van der Waals surface area contributed by atoms with Crippen molar-refractivity contribution in [2.45, 2.75) is 0 Å². The van der Waals surface area contributed by atoms with Gasteiger partial charge in [0.1, 0.15) is 5.75 Å². The summed E-state index contributed by atoms with van der Waals surface area (Å²) in [5.41, 5.74) is 1.79. The number of quaternary nitrogens is 1. The van der Waals surface area contributed by atoms with Gasteiger partial charge in [0.05, 0.1) is 40.4 Å². The Morgan fingerprint density at radius 1 is 1.07 bits per heavy atom. The van der Waals surface area contributed by atoms with E-state index in [1.54, 1.807) is 44.6 Å². The fourth-order valence-electron chi connectivity index (χ4n) is 3.27. The number of aromatic hydroxyl groups is 1. The van der Waals surface area contributed by atoms with Gasteiger partial charge >= 0.3 is 0 Å². The van der Waals surface area contributed by atoms with Gasteiger partial charge in [-0.2, -0.15) is 0 Å². The average Bonchev–Trinajstić information content (AvgIpc) is 2.69. The van der Waals surface area contributed by atoms with E-state index in [0.29, 0.717) is 23.7 Å². The van der Waals surface area contributed by atoms with Crippen LogP contribution in [0.25, 0.3) is 0 Å². The standard InChI is InChI=1S/C20H25N3O4/c1-26-18-8-3-15(13-19(18)27-2)21-20(25)14-22-9-11-23(12-10-22)16-4-6-17(24)7-5-16/h3-8,13,24H,9-12,14H2,1-2H3,(H,21,25)/p+1. The first-order valence-electron chi connectivity index (χ1n) is 8.98. The molecule has 2 aromatic rings. The molecule has 1 amide bonds. The molecule has 0 saturated carbocycles. The molecule has 3 rings (SSSR count). The number of carbonyl (C=O) groups is 1. The van der Waals surface area contributed by atoms with Crippen molar-refractivity contribution < 1.29 is 24.3 Å². The number of nitrogens with zero attached hydrogens (tertiary/aromatic N) is 1. The van der Waals surface area contributed by atoms with Gasteiger partial charge in [-0.15, -0.1) is 0 Å². The van der Waals surface area contributed by atoms with E-state index in [1.807, 2.05) is 12.1 Å². The Morgan fingerprint density at radius 3 is 2.37 bits per heavy atom.